The molecular formula is C24H24ClN3O2. The van der Waals surface area contributed by atoms with Crippen molar-refractivity contribution in [2.24, 2.45) is 0 Å². The lowest BCUT2D eigenvalue weighted by atomic mass is 10.0. The zero-order chi connectivity index (χ0) is 21.7. The van der Waals surface area contributed by atoms with Crippen molar-refractivity contribution in [3.8, 4) is 11.1 Å². The van der Waals surface area contributed by atoms with Crippen molar-refractivity contribution in [1.29, 1.82) is 0 Å². The Kier molecular flexibility index (Phi) is 6.95. The van der Waals surface area contributed by atoms with Crippen LogP contribution in [0.3, 0.4) is 0 Å². The maximum Gasteiger partial charge on any atom is 0.226 e. The molecule has 0 bridgehead atoms. The predicted octanol–water partition coefficient (Wildman–Crippen LogP) is 5.29. The predicted molar refractivity (Wildman–Crippen MR) is 120 cm³/mol. The fourth-order valence-corrected chi connectivity index (χ4v) is 3.51. The van der Waals surface area contributed by atoms with E-state index in [9.17, 15) is 9.59 Å². The van der Waals surface area contributed by atoms with Gasteiger partial charge in [0.05, 0.1) is 0 Å². The summed E-state index contributed by atoms with van der Waals surface area (Å²) in [6, 6.07) is 13.3. The Hall–Kier alpha value is -3.05. The van der Waals surface area contributed by atoms with Crippen molar-refractivity contribution in [2.75, 3.05) is 11.9 Å². The number of Topliss-reactive ketones (excluding diaryl/α,β-unsaturated/α-hetero) is 1. The Balaban J connectivity index is 1.71. The van der Waals surface area contributed by atoms with Crippen molar-refractivity contribution >= 4 is 29.0 Å². The lowest BCUT2D eigenvalue weighted by Crippen LogP contribution is -2.25. The summed E-state index contributed by atoms with van der Waals surface area (Å²) >= 11 is 6.05. The van der Waals surface area contributed by atoms with Gasteiger partial charge in [0.1, 0.15) is 10.8 Å². The third-order valence-electron chi connectivity index (χ3n) is 5.07. The van der Waals surface area contributed by atoms with Gasteiger partial charge in [-0.05, 0) is 54.3 Å². The van der Waals surface area contributed by atoms with Crippen LogP contribution in [0.25, 0.3) is 11.1 Å². The molecule has 2 heterocycles. The first-order valence-corrected chi connectivity index (χ1v) is 10.2. The van der Waals surface area contributed by atoms with Crippen LogP contribution in [0.1, 0.15) is 41.4 Å². The van der Waals surface area contributed by atoms with Crippen molar-refractivity contribution in [2.45, 2.75) is 33.1 Å². The largest absolute Gasteiger partial charge is 0.315 e. The van der Waals surface area contributed by atoms with Crippen molar-refractivity contribution in [3.63, 3.8) is 0 Å². The zero-order valence-corrected chi connectivity index (χ0v) is 18.1. The summed E-state index contributed by atoms with van der Waals surface area (Å²) in [6.45, 7) is 3.83. The van der Waals surface area contributed by atoms with Crippen molar-refractivity contribution in [3.05, 3.63) is 76.8 Å². The fourth-order valence-electron chi connectivity index (χ4n) is 3.29. The Morgan fingerprint density at radius 3 is 2.47 bits per heavy atom. The molecule has 0 spiro atoms. The topological polar surface area (TPSA) is 63.2 Å². The van der Waals surface area contributed by atoms with Gasteiger partial charge >= 0.3 is 0 Å². The number of pyridine rings is 2. The number of aromatic nitrogens is 2. The van der Waals surface area contributed by atoms with Crippen LogP contribution in [0, 0.1) is 6.92 Å². The van der Waals surface area contributed by atoms with Crippen LogP contribution < -0.4 is 4.90 Å². The van der Waals surface area contributed by atoms with Gasteiger partial charge in [-0.1, -0.05) is 36.7 Å². The van der Waals surface area contributed by atoms with Crippen LogP contribution in [0.2, 0.25) is 5.15 Å². The minimum Gasteiger partial charge on any atom is -0.315 e. The summed E-state index contributed by atoms with van der Waals surface area (Å²) in [5, 5.41) is 0.429. The van der Waals surface area contributed by atoms with Gasteiger partial charge in [0.25, 0.3) is 0 Å². The highest BCUT2D eigenvalue weighted by molar-refractivity contribution is 6.30. The van der Waals surface area contributed by atoms with Gasteiger partial charge in [0.2, 0.25) is 5.91 Å². The minimum atomic E-state index is -0.0345. The number of amides is 1. The van der Waals surface area contributed by atoms with Crippen LogP contribution in [-0.2, 0) is 11.2 Å². The van der Waals surface area contributed by atoms with E-state index in [-0.39, 0.29) is 11.7 Å². The molecule has 0 aliphatic heterocycles. The maximum absolute atomic E-state index is 12.5. The minimum absolute atomic E-state index is 0.0345. The highest BCUT2D eigenvalue weighted by atomic mass is 35.5. The van der Waals surface area contributed by atoms with Crippen LogP contribution in [-0.4, -0.2) is 28.7 Å². The summed E-state index contributed by atoms with van der Waals surface area (Å²) in [7, 11) is 1.79. The molecule has 2 aromatic heterocycles. The molecule has 5 nitrogen and oxygen atoms in total. The van der Waals surface area contributed by atoms with E-state index >= 15 is 0 Å². The molecule has 154 valence electrons. The molecule has 30 heavy (non-hydrogen) atoms. The quantitative estimate of drug-likeness (QED) is 0.384. The van der Waals surface area contributed by atoms with Gasteiger partial charge in [0.15, 0.2) is 5.78 Å². The monoisotopic (exact) mass is 421 g/mol. The fraction of sp³-hybridized carbons (Fsp3) is 0.250. The average molecular weight is 422 g/mol. The van der Waals surface area contributed by atoms with Gasteiger partial charge < -0.3 is 4.90 Å². The van der Waals surface area contributed by atoms with E-state index in [0.717, 1.165) is 27.9 Å². The average Bonchev–Trinajstić information content (AvgIpc) is 2.77. The standard InChI is InChI=1S/C24H24ClN3O2/c1-4-23(30)28(3)21-11-8-18(14-16(21)2)19-7-10-20(27-15-19)22(29)12-9-17-6-5-13-26-24(17)25/h5-8,10-11,13-15H,4,9,12H2,1-3H3. The van der Waals surface area contributed by atoms with E-state index in [2.05, 4.69) is 9.97 Å². The summed E-state index contributed by atoms with van der Waals surface area (Å²) in [5.41, 5.74) is 5.08. The number of ketones is 1. The summed E-state index contributed by atoms with van der Waals surface area (Å²) in [4.78, 5) is 34.5. The first-order chi connectivity index (χ1) is 14.4. The molecular weight excluding hydrogens is 398 g/mol. The number of benzene rings is 1. The second kappa shape index (κ2) is 9.63. The van der Waals surface area contributed by atoms with Gasteiger partial charge in [-0.25, -0.2) is 4.98 Å². The van der Waals surface area contributed by atoms with E-state index in [1.807, 2.05) is 50.2 Å². The van der Waals surface area contributed by atoms with Crippen LogP contribution in [0.15, 0.2) is 54.9 Å². The molecule has 1 amide bonds. The molecule has 3 rings (SSSR count). The second-order valence-corrected chi connectivity index (χ2v) is 7.47. The molecule has 0 aliphatic rings. The SMILES string of the molecule is CCC(=O)N(C)c1ccc(-c2ccc(C(=O)CCc3cccnc3Cl)nc2)cc1C. The molecule has 3 aromatic rings. The van der Waals surface area contributed by atoms with Gasteiger partial charge in [-0.15, -0.1) is 0 Å². The number of halogens is 1. The Bertz CT molecular complexity index is 1060. The van der Waals surface area contributed by atoms with Crippen LogP contribution >= 0.6 is 11.6 Å². The summed E-state index contributed by atoms with van der Waals surface area (Å²) in [5.74, 6) is 0.0376. The Labute approximate surface area is 181 Å². The third-order valence-corrected chi connectivity index (χ3v) is 5.42. The number of hydrogen-bond donors (Lipinski definition) is 0. The Morgan fingerprint density at radius 1 is 1.07 bits per heavy atom. The lowest BCUT2D eigenvalue weighted by Gasteiger charge is -2.19. The highest BCUT2D eigenvalue weighted by Crippen LogP contribution is 2.27. The summed E-state index contributed by atoms with van der Waals surface area (Å²) < 4.78 is 0. The van der Waals surface area contributed by atoms with E-state index < -0.39 is 0 Å². The molecule has 0 aliphatic carbocycles. The zero-order valence-electron chi connectivity index (χ0n) is 17.4. The number of carbonyl (C=O) groups is 2. The van der Waals surface area contributed by atoms with Crippen molar-refractivity contribution < 1.29 is 9.59 Å². The number of rotatable bonds is 7. The molecule has 0 N–H and O–H groups in total. The van der Waals surface area contributed by atoms with Crippen LogP contribution in [0.4, 0.5) is 5.69 Å². The highest BCUT2D eigenvalue weighted by Gasteiger charge is 2.13. The molecule has 1 aromatic carbocycles. The molecule has 0 radical (unpaired) electrons. The lowest BCUT2D eigenvalue weighted by molar-refractivity contribution is -0.118. The number of aryl methyl sites for hydroxylation is 2. The second-order valence-electron chi connectivity index (χ2n) is 7.12. The number of hydrogen-bond acceptors (Lipinski definition) is 4. The molecule has 0 saturated carbocycles. The van der Waals surface area contributed by atoms with Crippen molar-refractivity contribution in [1.82, 2.24) is 9.97 Å². The Morgan fingerprint density at radius 2 is 1.83 bits per heavy atom. The van der Waals surface area contributed by atoms with E-state index in [1.165, 1.54) is 0 Å². The smallest absolute Gasteiger partial charge is 0.226 e. The van der Waals surface area contributed by atoms with E-state index in [4.69, 9.17) is 11.6 Å². The first-order valence-electron chi connectivity index (χ1n) is 9.87. The van der Waals surface area contributed by atoms with Crippen LogP contribution in [0.5, 0.6) is 0 Å². The molecule has 6 heteroatoms. The first kappa shape index (κ1) is 21.7. The number of carbonyl (C=O) groups excluding carboxylic acids is 2. The van der Waals surface area contributed by atoms with Gasteiger partial charge in [-0.3, -0.25) is 14.6 Å². The molecule has 0 unspecified atom stereocenters. The normalized spacial score (nSPS) is 10.7. The number of anilines is 1. The summed E-state index contributed by atoms with van der Waals surface area (Å²) in [6.07, 6.45) is 4.65. The maximum atomic E-state index is 12.5. The third kappa shape index (κ3) is 4.92. The molecule has 0 fully saturated rings. The molecule has 0 atom stereocenters. The van der Waals surface area contributed by atoms with Gasteiger partial charge in [0, 0.05) is 43.5 Å². The van der Waals surface area contributed by atoms with E-state index in [0.29, 0.717) is 30.1 Å². The van der Waals surface area contributed by atoms with Gasteiger partial charge in [-0.2, -0.15) is 0 Å². The van der Waals surface area contributed by atoms with E-state index in [1.54, 1.807) is 30.4 Å². The molecule has 0 saturated heterocycles. The number of nitrogens with zero attached hydrogens (tertiary/aromatic N) is 3.